The summed E-state index contributed by atoms with van der Waals surface area (Å²) in [5, 5.41) is 19.8. The van der Waals surface area contributed by atoms with Crippen LogP contribution in [-0.2, 0) is 35.5 Å². The van der Waals surface area contributed by atoms with E-state index in [1.165, 1.54) is 17.0 Å². The maximum atomic E-state index is 13.9. The summed E-state index contributed by atoms with van der Waals surface area (Å²) in [6, 6.07) is 13.4. The number of carbonyl (C=O) groups excluding carboxylic acids is 4. The van der Waals surface area contributed by atoms with Crippen molar-refractivity contribution in [3.8, 4) is 0 Å². The predicted molar refractivity (Wildman–Crippen MR) is 224 cm³/mol. The van der Waals surface area contributed by atoms with Crippen molar-refractivity contribution >= 4 is 29.3 Å². The Morgan fingerprint density at radius 3 is 2.19 bits per heavy atom. The number of hydrogen-bond acceptors (Lipinski definition) is 7. The number of allylic oxidation sites excluding steroid dienone is 7. The van der Waals surface area contributed by atoms with Crippen LogP contribution in [0, 0.1) is 0 Å². The number of amides is 3. The summed E-state index contributed by atoms with van der Waals surface area (Å²) in [6.07, 6.45) is 7.08. The second-order valence-corrected chi connectivity index (χ2v) is 13.8. The molecule has 0 bridgehead atoms. The van der Waals surface area contributed by atoms with Gasteiger partial charge in [0.25, 0.3) is 5.91 Å². The van der Waals surface area contributed by atoms with Gasteiger partial charge in [-0.15, -0.1) is 0 Å². The smallest absolute Gasteiger partial charge is 0.416 e. The molecule has 59 heavy (non-hydrogen) atoms. The molecule has 2 atom stereocenters. The van der Waals surface area contributed by atoms with Gasteiger partial charge in [-0.1, -0.05) is 106 Å². The highest BCUT2D eigenvalue weighted by molar-refractivity contribution is 5.99. The molecule has 13 heteroatoms. The minimum atomic E-state index is -4.48. The molecular formula is C46H57F3N4O6. The highest BCUT2D eigenvalue weighted by Gasteiger charge is 2.48. The number of esters is 1. The molecule has 0 saturated carbocycles. The first-order chi connectivity index (χ1) is 28.2. The van der Waals surface area contributed by atoms with E-state index >= 15 is 0 Å². The average molecular weight is 819 g/mol. The number of likely N-dealkylation sites (N-methyl/N-ethyl adjacent to an activating group) is 3. The van der Waals surface area contributed by atoms with Gasteiger partial charge in [-0.3, -0.25) is 24.5 Å². The van der Waals surface area contributed by atoms with Gasteiger partial charge >= 0.3 is 12.1 Å². The second kappa shape index (κ2) is 23.2. The fourth-order valence-corrected chi connectivity index (χ4v) is 6.67. The molecule has 2 aromatic carbocycles. The summed E-state index contributed by atoms with van der Waals surface area (Å²) in [5.74, 6) is -2.06. The first-order valence-electron chi connectivity index (χ1n) is 20.0. The summed E-state index contributed by atoms with van der Waals surface area (Å²) in [4.78, 5) is 56.2. The average Bonchev–Trinajstić information content (AvgIpc) is 3.57. The number of aliphatic hydroxyl groups excluding tert-OH is 1. The third kappa shape index (κ3) is 13.0. The Hall–Kier alpha value is -5.53. The number of aliphatic hydroxyl groups is 1. The maximum Gasteiger partial charge on any atom is 0.416 e. The summed E-state index contributed by atoms with van der Waals surface area (Å²) in [5.41, 5.74) is 0.718. The molecule has 2 aliphatic rings. The molecule has 0 fully saturated rings. The van der Waals surface area contributed by atoms with Crippen LogP contribution in [0.25, 0.3) is 5.57 Å². The normalized spacial score (nSPS) is 15.5. The summed E-state index contributed by atoms with van der Waals surface area (Å²) >= 11 is 0. The Kier molecular flexibility index (Phi) is 18.8. The standard InChI is InChI=1S/C44H51F3N4O6.C2H6/c1-5-25-51(4)40(54)36-26-30(27-39(53)57-29-43(41(55)48-6-2,42(56)49-7-3)33-17-11-9-12-18-33)15-14-20-37(36)50-38(52)28-32-16-10-8-13-19-35(32)31-21-23-34(24-22-31)44(45,46)47;1-2/h8-14,16-18,20-24,26,41,48,55H,5-7,15,19,25,27-29H2,1-4H3,(H,49,56)(H,50,52);1-2H3. The summed E-state index contributed by atoms with van der Waals surface area (Å²) < 4.78 is 45.5. The van der Waals surface area contributed by atoms with Crippen molar-refractivity contribution in [2.75, 3.05) is 33.3 Å². The van der Waals surface area contributed by atoms with Crippen molar-refractivity contribution in [1.82, 2.24) is 20.9 Å². The van der Waals surface area contributed by atoms with Gasteiger partial charge in [0.15, 0.2) is 0 Å². The van der Waals surface area contributed by atoms with E-state index in [2.05, 4.69) is 16.0 Å². The molecule has 2 unspecified atom stereocenters. The third-order valence-corrected chi connectivity index (χ3v) is 9.61. The molecule has 0 aliphatic heterocycles. The number of ether oxygens (including phenoxy) is 1. The Morgan fingerprint density at radius 1 is 0.864 bits per heavy atom. The predicted octanol–water partition coefficient (Wildman–Crippen LogP) is 7.45. The second-order valence-electron chi connectivity index (χ2n) is 13.8. The van der Waals surface area contributed by atoms with Crippen LogP contribution in [0.1, 0.15) is 83.4 Å². The van der Waals surface area contributed by atoms with Gasteiger partial charge in [0.2, 0.25) is 11.8 Å². The lowest BCUT2D eigenvalue weighted by Crippen LogP contribution is -2.60. The van der Waals surface area contributed by atoms with Crippen LogP contribution in [0.4, 0.5) is 13.2 Å². The van der Waals surface area contributed by atoms with Crippen LogP contribution < -0.4 is 16.0 Å². The minimum Gasteiger partial charge on any atom is -0.464 e. The van der Waals surface area contributed by atoms with Gasteiger partial charge in [0.05, 0.1) is 29.7 Å². The molecule has 2 aliphatic carbocycles. The number of hydrogen-bond donors (Lipinski definition) is 4. The van der Waals surface area contributed by atoms with Crippen molar-refractivity contribution in [1.29, 1.82) is 0 Å². The van der Waals surface area contributed by atoms with E-state index in [1.54, 1.807) is 87.7 Å². The number of nitrogens with one attached hydrogen (secondary N) is 3. The molecule has 2 aromatic rings. The minimum absolute atomic E-state index is 0.130. The molecule has 318 valence electrons. The molecular weight excluding hydrogens is 762 g/mol. The largest absolute Gasteiger partial charge is 0.464 e. The zero-order valence-corrected chi connectivity index (χ0v) is 34.7. The van der Waals surface area contributed by atoms with Gasteiger partial charge in [-0.05, 0) is 79.3 Å². The SMILES string of the molecule is CC.CCCN(C)C(=O)C1=C(NC(=O)CC2=C(c3ccc(C(F)(F)F)cc3)CC=CC=C2)C=CCC(CC(=O)OCC(C(=O)NCC)(c2ccccc2)C(O)NCC)=C1. The van der Waals surface area contributed by atoms with Crippen molar-refractivity contribution in [2.24, 2.45) is 0 Å². The lowest BCUT2D eigenvalue weighted by molar-refractivity contribution is -0.151. The lowest BCUT2D eigenvalue weighted by atomic mass is 9.78. The van der Waals surface area contributed by atoms with Gasteiger partial charge in [0.1, 0.15) is 18.2 Å². The molecule has 0 heterocycles. The van der Waals surface area contributed by atoms with Gasteiger partial charge in [-0.25, -0.2) is 0 Å². The van der Waals surface area contributed by atoms with Crippen LogP contribution in [0.3, 0.4) is 0 Å². The molecule has 4 rings (SSSR count). The van der Waals surface area contributed by atoms with Gasteiger partial charge in [-0.2, -0.15) is 13.2 Å². The summed E-state index contributed by atoms with van der Waals surface area (Å²) in [6.45, 7) is 10.0. The number of carbonyl (C=O) groups is 4. The van der Waals surface area contributed by atoms with Gasteiger partial charge < -0.3 is 25.4 Å². The number of nitrogens with zero attached hydrogens (tertiary/aromatic N) is 1. The molecule has 0 aromatic heterocycles. The number of halogens is 3. The quantitative estimate of drug-likeness (QED) is 0.0962. The van der Waals surface area contributed by atoms with Crippen molar-refractivity contribution in [2.45, 2.75) is 84.5 Å². The molecule has 3 amide bonds. The Balaban J connectivity index is 0.00000458. The first-order valence-corrected chi connectivity index (χ1v) is 20.0. The lowest BCUT2D eigenvalue weighted by Gasteiger charge is -2.36. The van der Waals surface area contributed by atoms with Crippen LogP contribution in [-0.4, -0.2) is 73.2 Å². The van der Waals surface area contributed by atoms with Crippen molar-refractivity contribution in [3.63, 3.8) is 0 Å². The van der Waals surface area contributed by atoms with Gasteiger partial charge in [0, 0.05) is 20.1 Å². The van der Waals surface area contributed by atoms with Crippen LogP contribution in [0.15, 0.2) is 120 Å². The van der Waals surface area contributed by atoms with Crippen LogP contribution in [0.2, 0.25) is 0 Å². The maximum absolute atomic E-state index is 13.9. The highest BCUT2D eigenvalue weighted by Crippen LogP contribution is 2.33. The topological polar surface area (TPSA) is 137 Å². The zero-order chi connectivity index (χ0) is 43.6. The molecule has 4 N–H and O–H groups in total. The van der Waals surface area contributed by atoms with E-state index in [0.29, 0.717) is 53.8 Å². The fourth-order valence-electron chi connectivity index (χ4n) is 6.67. The Morgan fingerprint density at radius 2 is 1.56 bits per heavy atom. The van der Waals surface area contributed by atoms with E-state index in [9.17, 15) is 37.5 Å². The number of benzene rings is 2. The number of rotatable bonds is 17. The molecule has 0 radical (unpaired) electrons. The van der Waals surface area contributed by atoms with Crippen LogP contribution in [0.5, 0.6) is 0 Å². The fraction of sp³-hybridized carbons (Fsp3) is 0.391. The molecule has 0 saturated heterocycles. The Labute approximate surface area is 345 Å². The zero-order valence-electron chi connectivity index (χ0n) is 34.7. The van der Waals surface area contributed by atoms with E-state index in [4.69, 9.17) is 4.74 Å². The molecule has 0 spiro atoms. The molecule has 10 nitrogen and oxygen atoms in total. The van der Waals surface area contributed by atoms with Crippen LogP contribution >= 0.6 is 0 Å². The Bertz CT molecular complexity index is 1950. The van der Waals surface area contributed by atoms with E-state index in [0.717, 1.165) is 12.1 Å². The van der Waals surface area contributed by atoms with Crippen molar-refractivity contribution < 1.29 is 42.2 Å². The monoisotopic (exact) mass is 818 g/mol. The first kappa shape index (κ1) is 47.8. The summed E-state index contributed by atoms with van der Waals surface area (Å²) in [7, 11) is 1.64. The number of alkyl halides is 3. The van der Waals surface area contributed by atoms with E-state index < -0.39 is 47.8 Å². The van der Waals surface area contributed by atoms with Crippen molar-refractivity contribution in [3.05, 3.63) is 136 Å². The van der Waals surface area contributed by atoms with E-state index in [-0.39, 0.29) is 43.0 Å². The third-order valence-electron chi connectivity index (χ3n) is 9.61. The van der Waals surface area contributed by atoms with E-state index in [1.807, 2.05) is 26.8 Å². The highest BCUT2D eigenvalue weighted by atomic mass is 19.4.